The van der Waals surface area contributed by atoms with Crippen molar-refractivity contribution in [3.05, 3.63) is 87.8 Å². The molecule has 1 N–H and O–H groups in total. The second kappa shape index (κ2) is 10.2. The summed E-state index contributed by atoms with van der Waals surface area (Å²) >= 11 is 12.2. The molecule has 0 spiro atoms. The molecule has 4 rings (SSSR count). The number of aromatic nitrogens is 2. The molecular formula is C25H18Cl2F3N3O3. The number of hydrogen-bond acceptors (Lipinski definition) is 4. The average molecular weight is 536 g/mol. The third kappa shape index (κ3) is 5.17. The zero-order valence-electron chi connectivity index (χ0n) is 18.7. The van der Waals surface area contributed by atoms with Crippen LogP contribution in [0.3, 0.4) is 0 Å². The highest BCUT2D eigenvalue weighted by Crippen LogP contribution is 2.40. The number of Topliss-reactive ketones (excluding diaryl/α,β-unsaturated/α-hetero) is 1. The lowest BCUT2D eigenvalue weighted by atomic mass is 10.0. The van der Waals surface area contributed by atoms with Crippen molar-refractivity contribution >= 4 is 51.5 Å². The van der Waals surface area contributed by atoms with Gasteiger partial charge in [-0.05, 0) is 55.0 Å². The Morgan fingerprint density at radius 2 is 1.89 bits per heavy atom. The summed E-state index contributed by atoms with van der Waals surface area (Å²) in [5.41, 5.74) is -1.48. The van der Waals surface area contributed by atoms with Gasteiger partial charge in [0, 0.05) is 33.7 Å². The highest BCUT2D eigenvalue weighted by Gasteiger charge is 2.42. The van der Waals surface area contributed by atoms with E-state index in [0.717, 1.165) is 4.57 Å². The van der Waals surface area contributed by atoms with Crippen LogP contribution in [0.1, 0.15) is 28.5 Å². The normalized spacial score (nSPS) is 11.5. The molecule has 2 aromatic heterocycles. The molecular weight excluding hydrogens is 518 g/mol. The molecule has 6 nitrogen and oxygen atoms in total. The first-order chi connectivity index (χ1) is 17.1. The van der Waals surface area contributed by atoms with Gasteiger partial charge in [-0.15, -0.1) is 0 Å². The van der Waals surface area contributed by atoms with Gasteiger partial charge in [-0.1, -0.05) is 29.3 Å². The highest BCUT2D eigenvalue weighted by atomic mass is 35.5. The van der Waals surface area contributed by atoms with Crippen molar-refractivity contribution in [2.24, 2.45) is 0 Å². The quantitative estimate of drug-likeness (QED) is 0.213. The van der Waals surface area contributed by atoms with Crippen LogP contribution < -0.4 is 10.1 Å². The van der Waals surface area contributed by atoms with E-state index in [4.69, 9.17) is 27.9 Å². The van der Waals surface area contributed by atoms with E-state index in [1.54, 1.807) is 6.92 Å². The zero-order valence-corrected chi connectivity index (χ0v) is 20.2. The number of carbonyl (C=O) groups is 2. The standard InChI is InChI=1S/C25H18Cl2F3N3O3/c1-2-36-17-7-8-20-18(11-17)21(22(34)24(35)32-16-4-3-9-31-12-16)23(25(28,29)30)33(20)13-14-5-6-15(26)10-19(14)27/h3-12H,2,13H2,1H3,(H,32,35). The fourth-order valence-corrected chi connectivity index (χ4v) is 4.31. The Kier molecular flexibility index (Phi) is 7.23. The summed E-state index contributed by atoms with van der Waals surface area (Å²) in [6.45, 7) is 1.64. The molecule has 0 unspecified atom stereocenters. The average Bonchev–Trinajstić information content (AvgIpc) is 3.15. The molecule has 2 heterocycles. The zero-order chi connectivity index (χ0) is 26.0. The fourth-order valence-electron chi connectivity index (χ4n) is 3.84. The van der Waals surface area contributed by atoms with Gasteiger partial charge in [0.15, 0.2) is 0 Å². The Bertz CT molecular complexity index is 1450. The molecule has 11 heteroatoms. The van der Waals surface area contributed by atoms with E-state index in [0.29, 0.717) is 10.6 Å². The maximum atomic E-state index is 14.5. The number of ether oxygens (including phenoxy) is 1. The first kappa shape index (κ1) is 25.5. The van der Waals surface area contributed by atoms with Crippen molar-refractivity contribution in [1.29, 1.82) is 0 Å². The smallest absolute Gasteiger partial charge is 0.432 e. The summed E-state index contributed by atoms with van der Waals surface area (Å²) < 4.78 is 49.9. The molecule has 2 aromatic carbocycles. The lowest BCUT2D eigenvalue weighted by Crippen LogP contribution is -2.26. The second-order valence-corrected chi connectivity index (χ2v) is 8.52. The number of carbonyl (C=O) groups excluding carboxylic acids is 2. The van der Waals surface area contributed by atoms with Gasteiger partial charge >= 0.3 is 6.18 Å². The fraction of sp³-hybridized carbons (Fsp3) is 0.160. The topological polar surface area (TPSA) is 73.2 Å². The van der Waals surface area contributed by atoms with Crippen molar-refractivity contribution in [2.45, 2.75) is 19.6 Å². The minimum Gasteiger partial charge on any atom is -0.494 e. The number of ketones is 1. The molecule has 4 aromatic rings. The number of alkyl halides is 3. The number of anilines is 1. The number of benzene rings is 2. The third-order valence-electron chi connectivity index (χ3n) is 5.31. The summed E-state index contributed by atoms with van der Waals surface area (Å²) in [5, 5.41) is 2.70. The number of hydrogen-bond donors (Lipinski definition) is 1. The van der Waals surface area contributed by atoms with Crippen molar-refractivity contribution in [1.82, 2.24) is 9.55 Å². The van der Waals surface area contributed by atoms with Gasteiger partial charge in [0.2, 0.25) is 0 Å². The minimum atomic E-state index is -4.98. The van der Waals surface area contributed by atoms with Crippen LogP contribution in [0.15, 0.2) is 60.9 Å². The second-order valence-electron chi connectivity index (χ2n) is 7.68. The summed E-state index contributed by atoms with van der Waals surface area (Å²) in [6.07, 6.45) is -2.26. The van der Waals surface area contributed by atoms with Crippen LogP contribution in [-0.4, -0.2) is 27.8 Å². The van der Waals surface area contributed by atoms with Gasteiger partial charge in [-0.25, -0.2) is 0 Å². The molecule has 0 saturated heterocycles. The van der Waals surface area contributed by atoms with Gasteiger partial charge in [-0.2, -0.15) is 13.2 Å². The van der Waals surface area contributed by atoms with Crippen LogP contribution in [-0.2, 0) is 17.5 Å². The molecule has 0 fully saturated rings. The monoisotopic (exact) mass is 535 g/mol. The van der Waals surface area contributed by atoms with Gasteiger partial charge < -0.3 is 14.6 Å². The first-order valence-corrected chi connectivity index (χ1v) is 11.4. The number of pyridine rings is 1. The van der Waals surface area contributed by atoms with Crippen molar-refractivity contribution in [2.75, 3.05) is 11.9 Å². The Morgan fingerprint density at radius 3 is 2.53 bits per heavy atom. The maximum Gasteiger partial charge on any atom is 0.432 e. The van der Waals surface area contributed by atoms with Crippen LogP contribution in [0.4, 0.5) is 18.9 Å². The first-order valence-electron chi connectivity index (χ1n) is 10.7. The minimum absolute atomic E-state index is 0.0781. The Balaban J connectivity index is 1.93. The number of fused-ring (bicyclic) bond motifs is 1. The van der Waals surface area contributed by atoms with Crippen LogP contribution in [0.2, 0.25) is 10.0 Å². The molecule has 0 saturated carbocycles. The van der Waals surface area contributed by atoms with Gasteiger partial charge in [0.05, 0.1) is 24.1 Å². The molecule has 0 aliphatic rings. The molecule has 0 radical (unpaired) electrons. The summed E-state index contributed by atoms with van der Waals surface area (Å²) in [7, 11) is 0. The van der Waals surface area contributed by atoms with Crippen LogP contribution in [0.5, 0.6) is 5.75 Å². The van der Waals surface area contributed by atoms with Gasteiger partial charge in [-0.3, -0.25) is 14.6 Å². The number of halogens is 5. The Labute approximate surface area is 213 Å². The largest absolute Gasteiger partial charge is 0.494 e. The number of nitrogens with zero attached hydrogens (tertiary/aromatic N) is 2. The molecule has 1 amide bonds. The van der Waals surface area contributed by atoms with E-state index in [9.17, 15) is 22.8 Å². The Hall–Kier alpha value is -3.56. The molecule has 0 aliphatic heterocycles. The third-order valence-corrected chi connectivity index (χ3v) is 5.90. The number of amides is 1. The summed E-state index contributed by atoms with van der Waals surface area (Å²) in [4.78, 5) is 29.8. The van der Waals surface area contributed by atoms with Crippen molar-refractivity contribution in [3.8, 4) is 5.75 Å². The van der Waals surface area contributed by atoms with E-state index in [2.05, 4.69) is 10.3 Å². The molecule has 0 aliphatic carbocycles. The van der Waals surface area contributed by atoms with Crippen LogP contribution in [0.25, 0.3) is 10.9 Å². The summed E-state index contributed by atoms with van der Waals surface area (Å²) in [6, 6.07) is 11.6. The SMILES string of the molecule is CCOc1ccc2c(c1)c(C(=O)C(=O)Nc1cccnc1)c(C(F)(F)F)n2Cc1ccc(Cl)cc1Cl. The predicted molar refractivity (Wildman–Crippen MR) is 131 cm³/mol. The molecule has 36 heavy (non-hydrogen) atoms. The van der Waals surface area contributed by atoms with E-state index < -0.39 is 29.1 Å². The van der Waals surface area contributed by atoms with E-state index in [1.807, 2.05) is 0 Å². The lowest BCUT2D eigenvalue weighted by Gasteiger charge is -2.15. The maximum absolute atomic E-state index is 14.5. The van der Waals surface area contributed by atoms with Crippen LogP contribution >= 0.6 is 23.2 Å². The Morgan fingerprint density at radius 1 is 1.11 bits per heavy atom. The number of rotatable bonds is 7. The number of nitrogens with one attached hydrogen (secondary N) is 1. The summed E-state index contributed by atoms with van der Waals surface area (Å²) in [5.74, 6) is -2.34. The molecule has 0 bridgehead atoms. The van der Waals surface area contributed by atoms with Crippen molar-refractivity contribution in [3.63, 3.8) is 0 Å². The molecule has 186 valence electrons. The van der Waals surface area contributed by atoms with Gasteiger partial charge in [0.1, 0.15) is 11.4 Å². The van der Waals surface area contributed by atoms with Crippen LogP contribution in [0, 0.1) is 0 Å². The lowest BCUT2D eigenvalue weighted by molar-refractivity contribution is -0.143. The predicted octanol–water partition coefficient (Wildman–Crippen LogP) is 6.63. The highest BCUT2D eigenvalue weighted by molar-refractivity contribution is 6.48. The molecule has 0 atom stereocenters. The van der Waals surface area contributed by atoms with Gasteiger partial charge in [0.25, 0.3) is 11.7 Å². The van der Waals surface area contributed by atoms with E-state index in [-0.39, 0.29) is 40.5 Å². The van der Waals surface area contributed by atoms with E-state index in [1.165, 1.54) is 60.9 Å². The van der Waals surface area contributed by atoms with E-state index >= 15 is 0 Å². The van der Waals surface area contributed by atoms with Crippen molar-refractivity contribution < 1.29 is 27.5 Å².